The maximum atomic E-state index is 15.3. The van der Waals surface area contributed by atoms with E-state index < -0.39 is 143 Å². The molecule has 580 valence electrons. The summed E-state index contributed by atoms with van der Waals surface area (Å²) in [6, 6.07) is -8.85. The lowest BCUT2D eigenvalue weighted by atomic mass is 9.82. The smallest absolute Gasteiger partial charge is 0.328 e. The first-order valence-corrected chi connectivity index (χ1v) is 36.5. The number of allylic oxidation sites excluding steroid dienone is 2. The normalized spacial score (nSPS) is 16.1. The number of rotatable bonds is 46. The molecular formula is C76H135N9O16. The molecule has 0 bridgehead atoms. The topological polar surface area (TPSA) is 307 Å². The van der Waals surface area contributed by atoms with Crippen LogP contribution in [0.1, 0.15) is 210 Å². The Hall–Kier alpha value is -6.63. The molecule has 14 atom stereocenters. The number of aliphatic hydroxyl groups is 1. The van der Waals surface area contributed by atoms with Crippen LogP contribution in [0.5, 0.6) is 0 Å². The van der Waals surface area contributed by atoms with Crippen molar-refractivity contribution < 1.29 is 76.9 Å². The molecule has 3 N–H and O–H groups in total. The summed E-state index contributed by atoms with van der Waals surface area (Å²) in [6.45, 7) is 36.2. The van der Waals surface area contributed by atoms with Crippen molar-refractivity contribution in [2.45, 2.75) is 270 Å². The highest BCUT2D eigenvalue weighted by molar-refractivity contribution is 5.99. The minimum Gasteiger partial charge on any atom is -0.462 e. The molecular weight excluding hydrogens is 1290 g/mol. The van der Waals surface area contributed by atoms with Gasteiger partial charge in [-0.15, -0.1) is 0 Å². The summed E-state index contributed by atoms with van der Waals surface area (Å²) in [5.41, 5.74) is -1.02. The highest BCUT2D eigenvalue weighted by atomic mass is 16.5. The predicted octanol–water partition coefficient (Wildman–Crippen LogP) is 7.41. The molecule has 0 aliphatic heterocycles. The zero-order chi connectivity index (χ0) is 78.7. The molecule has 25 heteroatoms. The van der Waals surface area contributed by atoms with Gasteiger partial charge in [-0.2, -0.15) is 0 Å². The first kappa shape index (κ1) is 94.4. The highest BCUT2D eigenvalue weighted by Gasteiger charge is 2.47. The predicted molar refractivity (Wildman–Crippen MR) is 392 cm³/mol. The number of carbonyl (C=O) groups is 13. The fourth-order valence-electron chi connectivity index (χ4n) is 12.8. The van der Waals surface area contributed by atoms with Gasteiger partial charge in [0.2, 0.25) is 47.3 Å². The average molecular weight is 1430 g/mol. The molecule has 0 aromatic heterocycles. The van der Waals surface area contributed by atoms with Crippen LogP contribution in [-0.2, 0) is 71.8 Å². The molecule has 0 heterocycles. The van der Waals surface area contributed by atoms with E-state index >= 15 is 14.4 Å². The van der Waals surface area contributed by atoms with E-state index in [0.29, 0.717) is 19.3 Å². The van der Waals surface area contributed by atoms with Gasteiger partial charge < -0.3 is 59.5 Å². The molecule has 101 heavy (non-hydrogen) atoms. The lowest BCUT2D eigenvalue weighted by Crippen LogP contribution is -2.63. The molecule has 0 unspecified atom stereocenters. The molecule has 0 aromatic rings. The van der Waals surface area contributed by atoms with Crippen LogP contribution in [0.3, 0.4) is 0 Å². The molecule has 0 fully saturated rings. The van der Waals surface area contributed by atoms with E-state index in [4.69, 9.17) is 9.47 Å². The number of carbonyl (C=O) groups excluding carboxylic acids is 13. The van der Waals surface area contributed by atoms with Gasteiger partial charge in [0, 0.05) is 100 Å². The summed E-state index contributed by atoms with van der Waals surface area (Å²) in [5, 5.41) is 16.2. The Balaban J connectivity index is 7.21. The van der Waals surface area contributed by atoms with Crippen LogP contribution >= 0.6 is 0 Å². The van der Waals surface area contributed by atoms with E-state index in [1.165, 1.54) is 78.5 Å². The van der Waals surface area contributed by atoms with Gasteiger partial charge in [0.15, 0.2) is 11.6 Å². The summed E-state index contributed by atoms with van der Waals surface area (Å²) < 4.78 is 11.3. The summed E-state index contributed by atoms with van der Waals surface area (Å²) in [6.07, 6.45) is 3.29. The van der Waals surface area contributed by atoms with Crippen molar-refractivity contribution in [1.82, 2.24) is 44.9 Å². The maximum Gasteiger partial charge on any atom is 0.328 e. The molecule has 0 spiro atoms. The maximum absolute atomic E-state index is 15.3. The van der Waals surface area contributed by atoms with E-state index in [1.807, 2.05) is 68.4 Å². The van der Waals surface area contributed by atoms with Crippen molar-refractivity contribution in [3.8, 4) is 0 Å². The van der Waals surface area contributed by atoms with Crippen LogP contribution in [0.4, 0.5) is 0 Å². The van der Waals surface area contributed by atoms with Gasteiger partial charge in [0.25, 0.3) is 0 Å². The number of nitrogens with one attached hydrogen (secondary N) is 2. The van der Waals surface area contributed by atoms with E-state index in [1.54, 1.807) is 96.5 Å². The number of amides is 8. The monoisotopic (exact) mass is 1430 g/mol. The fourth-order valence-corrected chi connectivity index (χ4v) is 12.8. The summed E-state index contributed by atoms with van der Waals surface area (Å²) in [4.78, 5) is 194. The third-order valence-electron chi connectivity index (χ3n) is 19.5. The lowest BCUT2D eigenvalue weighted by Gasteiger charge is -2.42. The summed E-state index contributed by atoms with van der Waals surface area (Å²) in [7, 11) is 12.0. The molecule has 0 saturated carbocycles. The van der Waals surface area contributed by atoms with E-state index in [9.17, 15) is 53.1 Å². The number of hydrogen-bond acceptors (Lipinski definition) is 17. The SMILES string of the molecule is C/C=C/C[C@@H](C)[C@@H](OC(C)=O)[C@@H](C(=O)N[C@@H](CC)C(=O)OCCN(C)C(C)=O)N(C)C(=O)[C@H](C(C)C)N(C)C(=O)[C@H](CC(C)C)N(C)C(=O)[C@H](CC(C)C)N(C)C(=O)[C@@H](C)CC(=O)[C@H](C)CC(=O)[C@H](CC(C)C)N(C)C(=O)[C@@H](CC(=O)[C@H]([C@H](C)CCC(C)(C)O)N(C)C(=O)[C@@H](C)NC)C(C)C. The third-order valence-corrected chi connectivity index (χ3v) is 19.5. The van der Waals surface area contributed by atoms with Crippen LogP contribution in [0, 0.1) is 59.2 Å². The number of Topliss-reactive ketones (excluding diaryl/α,β-unsaturated/α-hetero) is 3. The summed E-state index contributed by atoms with van der Waals surface area (Å²) in [5.74, 6) is -12.0. The second-order valence-corrected chi connectivity index (χ2v) is 31.1. The van der Waals surface area contributed by atoms with Crippen LogP contribution in [0.15, 0.2) is 12.2 Å². The van der Waals surface area contributed by atoms with Crippen molar-refractivity contribution in [3.63, 3.8) is 0 Å². The number of ketones is 3. The van der Waals surface area contributed by atoms with Crippen LogP contribution in [-0.4, -0.2) is 246 Å². The molecule has 0 aliphatic carbocycles. The van der Waals surface area contributed by atoms with Gasteiger partial charge in [-0.05, 0) is 121 Å². The number of esters is 2. The largest absolute Gasteiger partial charge is 0.462 e. The average Bonchev–Trinajstić information content (AvgIpc) is 0.791. The Kier molecular flexibility index (Phi) is 41.2. The zero-order valence-corrected chi connectivity index (χ0v) is 67.3. The second-order valence-electron chi connectivity index (χ2n) is 31.1. The van der Waals surface area contributed by atoms with Crippen LogP contribution < -0.4 is 10.6 Å². The fraction of sp³-hybridized carbons (Fsp3) is 0.803. The quantitative estimate of drug-likeness (QED) is 0.0394. The first-order chi connectivity index (χ1) is 46.5. The van der Waals surface area contributed by atoms with Crippen molar-refractivity contribution in [2.75, 3.05) is 69.5 Å². The molecule has 0 radical (unpaired) electrons. The lowest BCUT2D eigenvalue weighted by molar-refractivity contribution is -0.164. The molecule has 25 nitrogen and oxygen atoms in total. The van der Waals surface area contributed by atoms with Gasteiger partial charge in [-0.3, -0.25) is 57.5 Å². The van der Waals surface area contributed by atoms with Crippen molar-refractivity contribution >= 4 is 76.5 Å². The Labute approximate surface area is 606 Å². The van der Waals surface area contributed by atoms with Crippen molar-refractivity contribution in [1.29, 1.82) is 0 Å². The number of nitrogens with zero attached hydrogens (tertiary/aromatic N) is 7. The Morgan fingerprint density at radius 1 is 0.525 bits per heavy atom. The van der Waals surface area contributed by atoms with Crippen LogP contribution in [0.2, 0.25) is 0 Å². The van der Waals surface area contributed by atoms with Gasteiger partial charge in [-0.25, -0.2) is 4.79 Å². The van der Waals surface area contributed by atoms with E-state index in [-0.39, 0.29) is 111 Å². The minimum atomic E-state index is -1.56. The number of likely N-dealkylation sites (N-methyl/N-ethyl adjacent to an activating group) is 8. The molecule has 0 rings (SSSR count). The molecule has 0 saturated heterocycles. The summed E-state index contributed by atoms with van der Waals surface area (Å²) >= 11 is 0. The first-order valence-electron chi connectivity index (χ1n) is 36.5. The Bertz CT molecular complexity index is 2780. The third kappa shape index (κ3) is 29.9. The Morgan fingerprint density at radius 3 is 1.44 bits per heavy atom. The molecule has 0 aromatic carbocycles. The standard InChI is InChI=1S/C76H135N9O16/c1-30-32-33-50(14)67(101-55(19)87)66(68(91)78-57(31-2)75(98)100-37-36-79(23)54(18)86)85(29)74(97)64(48(11)12)83(27)73(96)60(40-46(7)8)82(26)72(95)59(39-45(5)6)81(25)69(92)52(16)42-61(88)51(15)41-62(89)58(38-44(3)4)80(24)71(94)56(47(9)10)43-63(90)65(49(13)34-35-76(20,21)99)84(28)70(93)53(17)77-22/h30,32,44-53,56-60,64-67,77,99H,31,33-43H2,1-29H3,(H,78,91)/b32-30+/t49-,50-,51-,52+,53-,56+,57+,58+,59+,60+,64+,65+,66+,67-/m1/s1. The minimum absolute atomic E-state index is 0.0681. The van der Waals surface area contributed by atoms with Crippen LogP contribution in [0.25, 0.3) is 0 Å². The Morgan fingerprint density at radius 2 is 0.990 bits per heavy atom. The van der Waals surface area contributed by atoms with E-state index in [2.05, 4.69) is 10.6 Å². The molecule has 0 aliphatic rings. The molecule has 8 amide bonds. The van der Waals surface area contributed by atoms with Gasteiger partial charge in [-0.1, -0.05) is 116 Å². The number of ether oxygens (including phenoxy) is 2. The van der Waals surface area contributed by atoms with E-state index in [0.717, 1.165) is 4.90 Å². The second kappa shape index (κ2) is 44.1. The van der Waals surface area contributed by atoms with Gasteiger partial charge in [0.05, 0.1) is 30.3 Å². The highest BCUT2D eigenvalue weighted by Crippen LogP contribution is 2.31. The number of hydrogen-bond donors (Lipinski definition) is 3. The van der Waals surface area contributed by atoms with Gasteiger partial charge >= 0.3 is 11.9 Å². The van der Waals surface area contributed by atoms with Crippen molar-refractivity contribution in [3.05, 3.63) is 12.2 Å². The van der Waals surface area contributed by atoms with Crippen molar-refractivity contribution in [2.24, 2.45) is 59.2 Å². The zero-order valence-electron chi connectivity index (χ0n) is 67.3. The van der Waals surface area contributed by atoms with Gasteiger partial charge in [0.1, 0.15) is 48.7 Å².